The van der Waals surface area contributed by atoms with Gasteiger partial charge in [-0.3, -0.25) is 14.9 Å². The van der Waals surface area contributed by atoms with Crippen LogP contribution in [-0.2, 0) is 0 Å². The van der Waals surface area contributed by atoms with Crippen LogP contribution in [0.3, 0.4) is 0 Å². The monoisotopic (exact) mass is 217 g/mol. The topological polar surface area (TPSA) is 88.9 Å². The van der Waals surface area contributed by atoms with Gasteiger partial charge in [0.2, 0.25) is 0 Å². The molecule has 0 aliphatic carbocycles. The molecule has 1 aromatic carbocycles. The van der Waals surface area contributed by atoms with Crippen molar-refractivity contribution < 1.29 is 4.92 Å². The molecule has 0 aliphatic heterocycles. The molecule has 0 amide bonds. The number of benzene rings is 1. The Labute approximate surface area is 89.7 Å². The Hall–Kier alpha value is -2.50. The number of nitrogens with zero attached hydrogens (tertiary/aromatic N) is 2. The summed E-state index contributed by atoms with van der Waals surface area (Å²) in [5.74, 6) is 0. The van der Waals surface area contributed by atoms with E-state index in [1.807, 2.05) is 0 Å². The highest BCUT2D eigenvalue weighted by Crippen LogP contribution is 2.21. The van der Waals surface area contributed by atoms with Gasteiger partial charge in [-0.25, -0.2) is 5.10 Å². The van der Waals surface area contributed by atoms with Crippen molar-refractivity contribution in [2.75, 3.05) is 0 Å². The van der Waals surface area contributed by atoms with E-state index in [2.05, 4.69) is 10.2 Å². The smallest absolute Gasteiger partial charge is 0.268 e. The van der Waals surface area contributed by atoms with Gasteiger partial charge in [-0.2, -0.15) is 5.10 Å². The van der Waals surface area contributed by atoms with Gasteiger partial charge in [0.25, 0.3) is 11.2 Å². The molecule has 0 saturated heterocycles. The second-order valence-electron chi connectivity index (χ2n) is 3.14. The normalized spacial score (nSPS) is 10.0. The van der Waals surface area contributed by atoms with E-state index in [9.17, 15) is 14.9 Å². The van der Waals surface area contributed by atoms with Crippen LogP contribution in [-0.4, -0.2) is 15.1 Å². The largest absolute Gasteiger partial charge is 0.270 e. The summed E-state index contributed by atoms with van der Waals surface area (Å²) in [5.41, 5.74) is 0.780. The molecule has 0 atom stereocenters. The zero-order chi connectivity index (χ0) is 11.5. The van der Waals surface area contributed by atoms with Crippen molar-refractivity contribution in [2.45, 2.75) is 0 Å². The molecule has 6 heteroatoms. The lowest BCUT2D eigenvalue weighted by Crippen LogP contribution is -2.05. The Balaban J connectivity index is 2.52. The quantitative estimate of drug-likeness (QED) is 0.607. The van der Waals surface area contributed by atoms with Crippen LogP contribution in [0.1, 0.15) is 0 Å². The number of non-ortho nitro benzene ring substituents is 1. The van der Waals surface area contributed by atoms with Crippen LogP contribution >= 0.6 is 0 Å². The van der Waals surface area contributed by atoms with E-state index >= 15 is 0 Å². The fraction of sp³-hybridized carbons (Fsp3) is 0. The third-order valence-electron chi connectivity index (χ3n) is 2.06. The van der Waals surface area contributed by atoms with Crippen LogP contribution in [0.15, 0.2) is 41.3 Å². The third kappa shape index (κ3) is 1.95. The fourth-order valence-corrected chi connectivity index (χ4v) is 1.33. The molecular weight excluding hydrogens is 210 g/mol. The van der Waals surface area contributed by atoms with Crippen molar-refractivity contribution >= 4 is 5.69 Å². The first-order valence-electron chi connectivity index (χ1n) is 4.46. The van der Waals surface area contributed by atoms with Crippen molar-refractivity contribution in [3.05, 3.63) is 57.0 Å². The standard InChI is InChI=1S/C10H7N3O3/c14-10-5-8(6-11-12-10)7-2-1-3-9(4-7)13(15)16/h1-6H,(H,12,14). The average Bonchev–Trinajstić information content (AvgIpc) is 2.29. The molecule has 1 aromatic heterocycles. The van der Waals surface area contributed by atoms with Crippen molar-refractivity contribution in [1.82, 2.24) is 10.2 Å². The van der Waals surface area contributed by atoms with Crippen LogP contribution < -0.4 is 5.56 Å². The molecule has 0 fully saturated rings. The number of rotatable bonds is 2. The summed E-state index contributed by atoms with van der Waals surface area (Å²) in [4.78, 5) is 21.1. The summed E-state index contributed by atoms with van der Waals surface area (Å²) < 4.78 is 0. The summed E-state index contributed by atoms with van der Waals surface area (Å²) in [6.45, 7) is 0. The molecule has 6 nitrogen and oxygen atoms in total. The minimum Gasteiger partial charge on any atom is -0.268 e. The number of nitrogens with one attached hydrogen (secondary N) is 1. The van der Waals surface area contributed by atoms with Gasteiger partial charge >= 0.3 is 0 Å². The molecule has 16 heavy (non-hydrogen) atoms. The van der Waals surface area contributed by atoms with Gasteiger partial charge in [0.1, 0.15) is 0 Å². The van der Waals surface area contributed by atoms with Crippen LogP contribution in [0.4, 0.5) is 5.69 Å². The molecule has 0 spiro atoms. The van der Waals surface area contributed by atoms with Crippen LogP contribution in [0.2, 0.25) is 0 Å². The minimum atomic E-state index is -0.482. The number of aromatic nitrogens is 2. The van der Waals surface area contributed by atoms with Gasteiger partial charge in [-0.05, 0) is 5.56 Å². The number of nitro benzene ring substituents is 1. The molecule has 2 rings (SSSR count). The fourth-order valence-electron chi connectivity index (χ4n) is 1.33. The lowest BCUT2D eigenvalue weighted by Gasteiger charge is -1.99. The molecule has 0 aliphatic rings. The summed E-state index contributed by atoms with van der Waals surface area (Å²) in [6.07, 6.45) is 1.44. The van der Waals surface area contributed by atoms with E-state index < -0.39 is 4.92 Å². The average molecular weight is 217 g/mol. The lowest BCUT2D eigenvalue weighted by molar-refractivity contribution is -0.384. The Morgan fingerprint density at radius 2 is 2.06 bits per heavy atom. The number of hydrogen-bond donors (Lipinski definition) is 1. The van der Waals surface area contributed by atoms with E-state index in [0.717, 1.165) is 0 Å². The van der Waals surface area contributed by atoms with Crippen LogP contribution in [0.25, 0.3) is 11.1 Å². The molecule has 1 N–H and O–H groups in total. The van der Waals surface area contributed by atoms with Crippen molar-refractivity contribution in [3.63, 3.8) is 0 Å². The Bertz CT molecular complexity index is 592. The Morgan fingerprint density at radius 1 is 1.25 bits per heavy atom. The van der Waals surface area contributed by atoms with Gasteiger partial charge in [0, 0.05) is 23.8 Å². The number of nitro groups is 1. The highest BCUT2D eigenvalue weighted by molar-refractivity contribution is 5.64. The zero-order valence-electron chi connectivity index (χ0n) is 8.08. The molecule has 0 bridgehead atoms. The maximum atomic E-state index is 11.0. The number of aromatic amines is 1. The number of hydrogen-bond acceptors (Lipinski definition) is 4. The molecule has 1 heterocycles. The maximum absolute atomic E-state index is 11.0. The van der Waals surface area contributed by atoms with Crippen LogP contribution in [0.5, 0.6) is 0 Å². The highest BCUT2D eigenvalue weighted by Gasteiger charge is 2.07. The summed E-state index contributed by atoms with van der Waals surface area (Å²) in [7, 11) is 0. The lowest BCUT2D eigenvalue weighted by atomic mass is 10.1. The van der Waals surface area contributed by atoms with Gasteiger partial charge in [-0.15, -0.1) is 0 Å². The van der Waals surface area contributed by atoms with Crippen LogP contribution in [0, 0.1) is 10.1 Å². The first-order chi connectivity index (χ1) is 7.66. The van der Waals surface area contributed by atoms with Gasteiger partial charge in [0.05, 0.1) is 11.1 Å². The summed E-state index contributed by atoms with van der Waals surface area (Å²) in [6, 6.07) is 7.38. The molecule has 80 valence electrons. The molecule has 0 radical (unpaired) electrons. The Kier molecular flexibility index (Phi) is 2.47. The van der Waals surface area contributed by atoms with E-state index in [0.29, 0.717) is 11.1 Å². The SMILES string of the molecule is O=c1cc(-c2cccc([N+](=O)[O-])c2)cn[nH]1. The predicted octanol–water partition coefficient (Wildman–Crippen LogP) is 1.35. The number of H-pyrrole nitrogens is 1. The Morgan fingerprint density at radius 3 is 2.75 bits per heavy atom. The molecule has 2 aromatic rings. The zero-order valence-corrected chi connectivity index (χ0v) is 8.08. The highest BCUT2D eigenvalue weighted by atomic mass is 16.6. The molecular formula is C10H7N3O3. The summed E-state index contributed by atoms with van der Waals surface area (Å²) >= 11 is 0. The third-order valence-corrected chi connectivity index (χ3v) is 2.06. The van der Waals surface area contributed by atoms with Gasteiger partial charge in [0.15, 0.2) is 0 Å². The van der Waals surface area contributed by atoms with E-state index in [4.69, 9.17) is 0 Å². The molecule has 0 saturated carbocycles. The minimum absolute atomic E-state index is 0.0159. The van der Waals surface area contributed by atoms with Crippen molar-refractivity contribution in [1.29, 1.82) is 0 Å². The predicted molar refractivity (Wildman–Crippen MR) is 56.9 cm³/mol. The maximum Gasteiger partial charge on any atom is 0.270 e. The van der Waals surface area contributed by atoms with Gasteiger partial charge < -0.3 is 0 Å². The van der Waals surface area contributed by atoms with Gasteiger partial charge in [-0.1, -0.05) is 12.1 Å². The van der Waals surface area contributed by atoms with Crippen molar-refractivity contribution in [2.24, 2.45) is 0 Å². The second kappa shape index (κ2) is 3.93. The molecule has 0 unspecified atom stereocenters. The second-order valence-corrected chi connectivity index (χ2v) is 3.14. The first-order valence-corrected chi connectivity index (χ1v) is 4.46. The van der Waals surface area contributed by atoms with E-state index in [1.165, 1.54) is 24.4 Å². The summed E-state index contributed by atoms with van der Waals surface area (Å²) in [5, 5.41) is 16.4. The van der Waals surface area contributed by atoms with E-state index in [1.54, 1.807) is 12.1 Å². The van der Waals surface area contributed by atoms with E-state index in [-0.39, 0.29) is 11.2 Å². The first kappa shape index (κ1) is 10.0. The van der Waals surface area contributed by atoms with Crippen molar-refractivity contribution in [3.8, 4) is 11.1 Å².